The van der Waals surface area contributed by atoms with Crippen molar-refractivity contribution >= 4 is 16.0 Å². The fourth-order valence-electron chi connectivity index (χ4n) is 2.29. The summed E-state index contributed by atoms with van der Waals surface area (Å²) in [5.41, 5.74) is 0. The first-order chi connectivity index (χ1) is 8.88. The largest absolute Gasteiger partial charge is 0.481 e. The molecule has 1 aliphatic rings. The summed E-state index contributed by atoms with van der Waals surface area (Å²) in [5, 5.41) is 8.79. The Labute approximate surface area is 111 Å². The van der Waals surface area contributed by atoms with E-state index >= 15 is 0 Å². The number of aryl methyl sites for hydroxylation is 1. The Morgan fingerprint density at radius 1 is 1.32 bits per heavy atom. The van der Waals surface area contributed by atoms with E-state index in [2.05, 4.69) is 4.72 Å². The van der Waals surface area contributed by atoms with Gasteiger partial charge in [0.15, 0.2) is 0 Å². The number of sulfonamides is 1. The third kappa shape index (κ3) is 3.36. The smallest absolute Gasteiger partial charge is 0.306 e. The third-order valence-corrected chi connectivity index (χ3v) is 4.77. The van der Waals surface area contributed by atoms with Gasteiger partial charge in [0.05, 0.1) is 5.92 Å². The molecule has 0 bridgehead atoms. The number of aliphatic carboxylic acids is 1. The van der Waals surface area contributed by atoms with Crippen molar-refractivity contribution in [1.29, 1.82) is 0 Å². The highest BCUT2D eigenvalue weighted by Gasteiger charge is 2.29. The fourth-order valence-corrected chi connectivity index (χ4v) is 3.57. The van der Waals surface area contributed by atoms with Gasteiger partial charge in [-0.3, -0.25) is 4.79 Å². The van der Waals surface area contributed by atoms with Crippen molar-refractivity contribution in [3.63, 3.8) is 0 Å². The average molecular weight is 287 g/mol. The van der Waals surface area contributed by atoms with Crippen LogP contribution in [-0.4, -0.2) is 25.5 Å². The predicted octanol–water partition coefficient (Wildman–Crippen LogP) is 1.51. The van der Waals surface area contributed by atoms with E-state index in [4.69, 9.17) is 9.52 Å². The van der Waals surface area contributed by atoms with Crippen LogP contribution >= 0.6 is 0 Å². The molecule has 19 heavy (non-hydrogen) atoms. The first-order valence-electron chi connectivity index (χ1n) is 6.20. The van der Waals surface area contributed by atoms with Crippen LogP contribution in [0.15, 0.2) is 21.6 Å². The third-order valence-electron chi connectivity index (χ3n) is 3.38. The second-order valence-corrected chi connectivity index (χ2v) is 6.52. The van der Waals surface area contributed by atoms with Crippen LogP contribution in [0.2, 0.25) is 0 Å². The minimum atomic E-state index is -3.64. The van der Waals surface area contributed by atoms with Gasteiger partial charge >= 0.3 is 5.97 Å². The number of carboxylic acid groups (broad SMARTS) is 1. The molecule has 1 saturated carbocycles. The molecule has 7 heteroatoms. The van der Waals surface area contributed by atoms with Gasteiger partial charge in [0.2, 0.25) is 5.09 Å². The first-order valence-corrected chi connectivity index (χ1v) is 7.68. The molecule has 6 nitrogen and oxygen atoms in total. The SMILES string of the molecule is Cc1ccc(S(=O)(=O)NC2CCC(C(=O)O)CC2)o1. The minimum absolute atomic E-state index is 0.0923. The summed E-state index contributed by atoms with van der Waals surface area (Å²) < 4.78 is 31.7. The first kappa shape index (κ1) is 14.1. The van der Waals surface area contributed by atoms with Crippen molar-refractivity contribution in [2.45, 2.75) is 43.7 Å². The Morgan fingerprint density at radius 2 is 1.95 bits per heavy atom. The highest BCUT2D eigenvalue weighted by atomic mass is 32.2. The number of hydrogen-bond acceptors (Lipinski definition) is 4. The zero-order valence-corrected chi connectivity index (χ0v) is 11.4. The number of carbonyl (C=O) groups is 1. The lowest BCUT2D eigenvalue weighted by Gasteiger charge is -2.26. The van der Waals surface area contributed by atoms with Crippen molar-refractivity contribution in [3.8, 4) is 0 Å². The molecule has 0 unspecified atom stereocenters. The van der Waals surface area contributed by atoms with E-state index in [9.17, 15) is 13.2 Å². The molecule has 2 N–H and O–H groups in total. The number of furan rings is 1. The summed E-state index contributed by atoms with van der Waals surface area (Å²) in [6, 6.07) is 2.79. The molecule has 1 aromatic heterocycles. The number of nitrogens with one attached hydrogen (secondary N) is 1. The second-order valence-electron chi connectivity index (χ2n) is 4.87. The van der Waals surface area contributed by atoms with Gasteiger partial charge in [-0.1, -0.05) is 0 Å². The van der Waals surface area contributed by atoms with E-state index in [1.165, 1.54) is 6.07 Å². The predicted molar refractivity (Wildman–Crippen MR) is 67.1 cm³/mol. The van der Waals surface area contributed by atoms with E-state index in [1.807, 2.05) is 0 Å². The fraction of sp³-hybridized carbons (Fsp3) is 0.583. The van der Waals surface area contributed by atoms with Crippen LogP contribution < -0.4 is 4.72 Å². The molecule has 0 aliphatic heterocycles. The zero-order chi connectivity index (χ0) is 14.0. The molecule has 0 radical (unpaired) electrons. The van der Waals surface area contributed by atoms with Crippen LogP contribution in [0.1, 0.15) is 31.4 Å². The molecule has 1 aliphatic carbocycles. The molecule has 0 spiro atoms. The van der Waals surface area contributed by atoms with Gasteiger partial charge < -0.3 is 9.52 Å². The molecule has 0 saturated heterocycles. The van der Waals surface area contributed by atoms with Gasteiger partial charge in [-0.2, -0.15) is 0 Å². The highest BCUT2D eigenvalue weighted by molar-refractivity contribution is 7.89. The van der Waals surface area contributed by atoms with Crippen LogP contribution in [0.25, 0.3) is 0 Å². The zero-order valence-electron chi connectivity index (χ0n) is 10.6. The van der Waals surface area contributed by atoms with E-state index < -0.39 is 16.0 Å². The molecule has 0 aromatic carbocycles. The molecule has 1 fully saturated rings. The van der Waals surface area contributed by atoms with Crippen molar-refractivity contribution in [2.75, 3.05) is 0 Å². The topological polar surface area (TPSA) is 96.6 Å². The quantitative estimate of drug-likeness (QED) is 0.875. The van der Waals surface area contributed by atoms with Crippen LogP contribution in [0, 0.1) is 12.8 Å². The van der Waals surface area contributed by atoms with Crippen molar-refractivity contribution < 1.29 is 22.7 Å². The average Bonchev–Trinajstić information content (AvgIpc) is 2.77. The number of hydrogen-bond donors (Lipinski definition) is 2. The van der Waals surface area contributed by atoms with Crippen LogP contribution in [-0.2, 0) is 14.8 Å². The molecular formula is C12H17NO5S. The standard InChI is InChI=1S/C12H17NO5S/c1-8-2-7-11(18-8)19(16,17)13-10-5-3-9(4-6-10)12(14)15/h2,7,9-10,13H,3-6H2,1H3,(H,14,15). The molecule has 1 aromatic rings. The van der Waals surface area contributed by atoms with Crippen LogP contribution in [0.4, 0.5) is 0 Å². The normalized spacial score (nSPS) is 24.3. The number of rotatable bonds is 4. The van der Waals surface area contributed by atoms with Crippen molar-refractivity contribution in [2.24, 2.45) is 5.92 Å². The Bertz CT molecular complexity index is 554. The lowest BCUT2D eigenvalue weighted by Crippen LogP contribution is -2.38. The summed E-state index contributed by atoms with van der Waals surface area (Å²) in [5.74, 6) is -0.621. The van der Waals surface area contributed by atoms with Gasteiger partial charge in [-0.15, -0.1) is 0 Å². The van der Waals surface area contributed by atoms with E-state index in [1.54, 1.807) is 13.0 Å². The lowest BCUT2D eigenvalue weighted by atomic mass is 9.87. The van der Waals surface area contributed by atoms with E-state index in [0.717, 1.165) is 0 Å². The molecular weight excluding hydrogens is 270 g/mol. The molecule has 2 rings (SSSR count). The Hall–Kier alpha value is -1.34. The summed E-state index contributed by atoms with van der Waals surface area (Å²) in [4.78, 5) is 10.8. The Morgan fingerprint density at radius 3 is 2.42 bits per heavy atom. The molecule has 0 amide bonds. The summed E-state index contributed by atoms with van der Waals surface area (Å²) >= 11 is 0. The van der Waals surface area contributed by atoms with Crippen LogP contribution in [0.3, 0.4) is 0 Å². The monoisotopic (exact) mass is 287 g/mol. The second kappa shape index (κ2) is 5.34. The van der Waals surface area contributed by atoms with Gasteiger partial charge in [-0.25, -0.2) is 13.1 Å². The lowest BCUT2D eigenvalue weighted by molar-refractivity contribution is -0.142. The van der Waals surface area contributed by atoms with Crippen molar-refractivity contribution in [1.82, 2.24) is 4.72 Å². The van der Waals surface area contributed by atoms with Gasteiger partial charge in [0.1, 0.15) is 5.76 Å². The Balaban J connectivity index is 1.97. The summed E-state index contributed by atoms with van der Waals surface area (Å²) in [6.45, 7) is 1.68. The van der Waals surface area contributed by atoms with Gasteiger partial charge in [0.25, 0.3) is 10.0 Å². The van der Waals surface area contributed by atoms with Gasteiger partial charge in [0, 0.05) is 6.04 Å². The Kier molecular flexibility index (Phi) is 3.96. The van der Waals surface area contributed by atoms with Crippen molar-refractivity contribution in [3.05, 3.63) is 17.9 Å². The summed E-state index contributed by atoms with van der Waals surface area (Å²) in [7, 11) is -3.64. The highest BCUT2D eigenvalue weighted by Crippen LogP contribution is 2.25. The van der Waals surface area contributed by atoms with E-state index in [-0.39, 0.29) is 17.1 Å². The van der Waals surface area contributed by atoms with E-state index in [0.29, 0.717) is 31.4 Å². The molecule has 1 heterocycles. The van der Waals surface area contributed by atoms with Gasteiger partial charge in [-0.05, 0) is 44.7 Å². The minimum Gasteiger partial charge on any atom is -0.481 e. The maximum Gasteiger partial charge on any atom is 0.306 e. The number of carboxylic acids is 1. The maximum absolute atomic E-state index is 12.0. The molecule has 106 valence electrons. The maximum atomic E-state index is 12.0. The van der Waals surface area contributed by atoms with Crippen LogP contribution in [0.5, 0.6) is 0 Å². The molecule has 0 atom stereocenters. The summed E-state index contributed by atoms with van der Waals surface area (Å²) in [6.07, 6.45) is 2.07.